The number of benzene rings is 1. The monoisotopic (exact) mass is 254 g/mol. The van der Waals surface area contributed by atoms with Crippen LogP contribution in [0.3, 0.4) is 0 Å². The quantitative estimate of drug-likeness (QED) is 0.806. The fraction of sp³-hybridized carbons (Fsp3) is 0.200. The third-order valence-electron chi connectivity index (χ3n) is 2.92. The van der Waals surface area contributed by atoms with Crippen molar-refractivity contribution in [2.45, 2.75) is 19.8 Å². The van der Waals surface area contributed by atoms with Crippen LogP contribution in [0.1, 0.15) is 30.9 Å². The Kier molecular flexibility index (Phi) is 3.59. The molecular formula is C15H14N2S. The van der Waals surface area contributed by atoms with Crippen LogP contribution in [0.15, 0.2) is 36.4 Å². The highest BCUT2D eigenvalue weighted by atomic mass is 32.1. The zero-order valence-electron chi connectivity index (χ0n) is 10.4. The van der Waals surface area contributed by atoms with Gasteiger partial charge in [0.05, 0.1) is 5.56 Å². The van der Waals surface area contributed by atoms with Crippen LogP contribution in [0.5, 0.6) is 0 Å². The van der Waals surface area contributed by atoms with Crippen molar-refractivity contribution < 1.29 is 0 Å². The van der Waals surface area contributed by atoms with Crippen molar-refractivity contribution in [2.75, 3.05) is 0 Å². The van der Waals surface area contributed by atoms with E-state index >= 15 is 0 Å². The van der Waals surface area contributed by atoms with Crippen LogP contribution in [0, 0.1) is 16.0 Å². The standard InChI is InChI=1S/C15H14N2S/c1-10(2)11-3-5-12(6-4-11)14-8-7-13(9-16)15(18)17-14/h3-8,10H,1-2H3,(H,17,18). The first-order valence-corrected chi connectivity index (χ1v) is 6.26. The smallest absolute Gasteiger partial charge is 0.121 e. The number of aromatic amines is 1. The summed E-state index contributed by atoms with van der Waals surface area (Å²) in [5.41, 5.74) is 3.84. The maximum Gasteiger partial charge on any atom is 0.121 e. The molecule has 0 amide bonds. The number of rotatable bonds is 2. The van der Waals surface area contributed by atoms with E-state index in [0.717, 1.165) is 11.3 Å². The van der Waals surface area contributed by atoms with Gasteiger partial charge in [-0.25, -0.2) is 0 Å². The molecule has 3 heteroatoms. The minimum Gasteiger partial charge on any atom is -0.345 e. The second kappa shape index (κ2) is 5.16. The summed E-state index contributed by atoms with van der Waals surface area (Å²) in [6, 6.07) is 14.1. The number of hydrogen-bond acceptors (Lipinski definition) is 2. The summed E-state index contributed by atoms with van der Waals surface area (Å²) in [5, 5.41) is 8.84. The van der Waals surface area contributed by atoms with Gasteiger partial charge in [0.1, 0.15) is 10.7 Å². The summed E-state index contributed by atoms with van der Waals surface area (Å²) >= 11 is 5.13. The van der Waals surface area contributed by atoms with E-state index in [0.29, 0.717) is 16.1 Å². The molecule has 0 fully saturated rings. The lowest BCUT2D eigenvalue weighted by molar-refractivity contribution is 0.867. The zero-order chi connectivity index (χ0) is 13.1. The first-order valence-electron chi connectivity index (χ1n) is 5.85. The third kappa shape index (κ3) is 2.49. The molecule has 0 spiro atoms. The van der Waals surface area contributed by atoms with E-state index in [1.165, 1.54) is 5.56 Å². The number of nitrogens with one attached hydrogen (secondary N) is 1. The molecule has 18 heavy (non-hydrogen) atoms. The molecule has 90 valence electrons. The van der Waals surface area contributed by atoms with Crippen LogP contribution in [-0.4, -0.2) is 4.98 Å². The molecule has 0 bridgehead atoms. The minimum atomic E-state index is 0.489. The first-order chi connectivity index (χ1) is 8.61. The van der Waals surface area contributed by atoms with Crippen molar-refractivity contribution in [1.82, 2.24) is 4.98 Å². The molecule has 0 saturated carbocycles. The SMILES string of the molecule is CC(C)c1ccc(-c2ccc(C#N)c(=S)[nH]2)cc1. The van der Waals surface area contributed by atoms with E-state index in [9.17, 15) is 0 Å². The van der Waals surface area contributed by atoms with Gasteiger partial charge in [0, 0.05) is 5.69 Å². The summed E-state index contributed by atoms with van der Waals surface area (Å²) < 4.78 is 0.489. The summed E-state index contributed by atoms with van der Waals surface area (Å²) in [7, 11) is 0. The van der Waals surface area contributed by atoms with E-state index < -0.39 is 0 Å². The normalized spacial score (nSPS) is 10.3. The van der Waals surface area contributed by atoms with Gasteiger partial charge in [0.25, 0.3) is 0 Å². The van der Waals surface area contributed by atoms with Gasteiger partial charge >= 0.3 is 0 Å². The number of nitrogens with zero attached hydrogens (tertiary/aromatic N) is 1. The largest absolute Gasteiger partial charge is 0.345 e. The highest BCUT2D eigenvalue weighted by Gasteiger charge is 2.02. The number of pyridine rings is 1. The van der Waals surface area contributed by atoms with E-state index in [1.807, 2.05) is 6.07 Å². The molecule has 0 radical (unpaired) electrons. The van der Waals surface area contributed by atoms with E-state index in [2.05, 4.69) is 49.2 Å². The van der Waals surface area contributed by atoms with Gasteiger partial charge < -0.3 is 4.98 Å². The molecule has 0 saturated heterocycles. The predicted molar refractivity (Wildman–Crippen MR) is 75.9 cm³/mol. The molecule has 2 nitrogen and oxygen atoms in total. The Balaban J connectivity index is 2.41. The van der Waals surface area contributed by atoms with E-state index in [1.54, 1.807) is 6.07 Å². The van der Waals surface area contributed by atoms with Crippen molar-refractivity contribution in [3.63, 3.8) is 0 Å². The molecule has 1 aromatic carbocycles. The summed E-state index contributed by atoms with van der Waals surface area (Å²) in [5.74, 6) is 0.526. The molecular weight excluding hydrogens is 240 g/mol. The van der Waals surface area contributed by atoms with Gasteiger partial charge in [-0.2, -0.15) is 5.26 Å². The molecule has 0 aliphatic heterocycles. The summed E-state index contributed by atoms with van der Waals surface area (Å²) in [6.45, 7) is 4.34. The lowest BCUT2D eigenvalue weighted by Gasteiger charge is -2.07. The van der Waals surface area contributed by atoms with Crippen molar-refractivity contribution in [2.24, 2.45) is 0 Å². The second-order valence-corrected chi connectivity index (χ2v) is 4.91. The van der Waals surface area contributed by atoms with Crippen molar-refractivity contribution in [3.8, 4) is 17.3 Å². The molecule has 2 rings (SSSR count). The van der Waals surface area contributed by atoms with E-state index in [4.69, 9.17) is 17.5 Å². The van der Waals surface area contributed by atoms with Crippen molar-refractivity contribution in [1.29, 1.82) is 5.26 Å². The average Bonchev–Trinajstić information content (AvgIpc) is 2.38. The van der Waals surface area contributed by atoms with Gasteiger partial charge in [-0.3, -0.25) is 0 Å². The van der Waals surface area contributed by atoms with E-state index in [-0.39, 0.29) is 0 Å². The second-order valence-electron chi connectivity index (χ2n) is 4.50. The predicted octanol–water partition coefficient (Wildman–Crippen LogP) is 4.41. The first kappa shape index (κ1) is 12.5. The van der Waals surface area contributed by atoms with Gasteiger partial charge in [0.15, 0.2) is 0 Å². The van der Waals surface area contributed by atoms with Crippen molar-refractivity contribution >= 4 is 12.2 Å². The van der Waals surface area contributed by atoms with Gasteiger partial charge in [-0.15, -0.1) is 0 Å². The fourth-order valence-corrected chi connectivity index (χ4v) is 2.00. The van der Waals surface area contributed by atoms with Gasteiger partial charge in [-0.1, -0.05) is 50.3 Å². The molecule has 0 aliphatic carbocycles. The Hall–Kier alpha value is -1.92. The Labute approximate surface area is 112 Å². The maximum atomic E-state index is 8.84. The fourth-order valence-electron chi connectivity index (χ4n) is 1.78. The van der Waals surface area contributed by atoms with Crippen LogP contribution >= 0.6 is 12.2 Å². The molecule has 1 N–H and O–H groups in total. The maximum absolute atomic E-state index is 8.84. The Morgan fingerprint density at radius 3 is 2.28 bits per heavy atom. The average molecular weight is 254 g/mol. The molecule has 0 unspecified atom stereocenters. The lowest BCUT2D eigenvalue weighted by Crippen LogP contribution is -1.89. The van der Waals surface area contributed by atoms with Crippen LogP contribution in [0.25, 0.3) is 11.3 Å². The Morgan fingerprint density at radius 2 is 1.78 bits per heavy atom. The third-order valence-corrected chi connectivity index (χ3v) is 3.24. The highest BCUT2D eigenvalue weighted by Crippen LogP contribution is 2.21. The topological polar surface area (TPSA) is 39.6 Å². The Morgan fingerprint density at radius 1 is 1.11 bits per heavy atom. The van der Waals surface area contributed by atoms with Crippen LogP contribution in [0.4, 0.5) is 0 Å². The number of H-pyrrole nitrogens is 1. The van der Waals surface area contributed by atoms with Crippen LogP contribution in [-0.2, 0) is 0 Å². The molecule has 0 aliphatic rings. The minimum absolute atomic E-state index is 0.489. The number of hydrogen-bond donors (Lipinski definition) is 1. The molecule has 1 aromatic heterocycles. The number of aromatic nitrogens is 1. The van der Waals surface area contributed by atoms with Crippen molar-refractivity contribution in [3.05, 3.63) is 52.2 Å². The zero-order valence-corrected chi connectivity index (χ0v) is 11.2. The molecule has 0 atom stereocenters. The summed E-state index contributed by atoms with van der Waals surface area (Å²) in [4.78, 5) is 3.08. The Bertz CT molecular complexity index is 645. The number of nitriles is 1. The van der Waals surface area contributed by atoms with Gasteiger partial charge in [-0.05, 0) is 29.2 Å². The lowest BCUT2D eigenvalue weighted by atomic mass is 10.0. The molecule has 2 aromatic rings. The van der Waals surface area contributed by atoms with Crippen LogP contribution in [0.2, 0.25) is 0 Å². The van der Waals surface area contributed by atoms with Gasteiger partial charge in [0.2, 0.25) is 0 Å². The highest BCUT2D eigenvalue weighted by molar-refractivity contribution is 7.71. The van der Waals surface area contributed by atoms with Crippen LogP contribution < -0.4 is 0 Å². The summed E-state index contributed by atoms with van der Waals surface area (Å²) in [6.07, 6.45) is 0. The molecule has 1 heterocycles.